The van der Waals surface area contributed by atoms with Crippen LogP contribution in [-0.2, 0) is 11.2 Å². The molecule has 0 aliphatic carbocycles. The molecule has 2 aliphatic rings. The SMILES string of the molecule is COc1cccc(CC(=O)N2CCC3(CC2)CCN(C(=S)Nc2cc(OC)c(Cl)cc2OC)C3)c1. The van der Waals surface area contributed by atoms with Crippen molar-refractivity contribution in [2.24, 2.45) is 5.41 Å². The Morgan fingerprint density at radius 2 is 1.69 bits per heavy atom. The summed E-state index contributed by atoms with van der Waals surface area (Å²) in [7, 11) is 4.81. The van der Waals surface area contributed by atoms with E-state index in [4.69, 9.17) is 38.0 Å². The Morgan fingerprint density at radius 1 is 1.00 bits per heavy atom. The van der Waals surface area contributed by atoms with Gasteiger partial charge in [-0.15, -0.1) is 0 Å². The van der Waals surface area contributed by atoms with Gasteiger partial charge in [-0.3, -0.25) is 4.79 Å². The number of anilines is 1. The van der Waals surface area contributed by atoms with Crippen LogP contribution in [0.3, 0.4) is 0 Å². The van der Waals surface area contributed by atoms with E-state index in [0.717, 1.165) is 62.4 Å². The molecule has 0 bridgehead atoms. The highest BCUT2D eigenvalue weighted by Gasteiger charge is 2.42. The van der Waals surface area contributed by atoms with E-state index in [1.54, 1.807) is 33.5 Å². The number of thiocarbonyl (C=S) groups is 1. The molecule has 1 N–H and O–H groups in total. The minimum atomic E-state index is 0.170. The number of amides is 1. The topological polar surface area (TPSA) is 63.3 Å². The third kappa shape index (κ3) is 5.76. The number of ether oxygens (including phenoxy) is 3. The summed E-state index contributed by atoms with van der Waals surface area (Å²) in [6.07, 6.45) is 3.42. The van der Waals surface area contributed by atoms with E-state index in [9.17, 15) is 4.79 Å². The lowest BCUT2D eigenvalue weighted by atomic mass is 9.77. The van der Waals surface area contributed by atoms with Gasteiger partial charge in [-0.25, -0.2) is 0 Å². The number of hydrogen-bond donors (Lipinski definition) is 1. The van der Waals surface area contributed by atoms with E-state index < -0.39 is 0 Å². The number of hydrogen-bond acceptors (Lipinski definition) is 5. The lowest BCUT2D eigenvalue weighted by molar-refractivity contribution is -0.132. The zero-order valence-electron chi connectivity index (χ0n) is 20.4. The maximum Gasteiger partial charge on any atom is 0.226 e. The summed E-state index contributed by atoms with van der Waals surface area (Å²) in [6.45, 7) is 3.32. The Kier molecular flexibility index (Phi) is 7.91. The maximum absolute atomic E-state index is 12.9. The Labute approximate surface area is 217 Å². The summed E-state index contributed by atoms with van der Waals surface area (Å²) in [5, 5.41) is 4.44. The number of nitrogens with zero attached hydrogens (tertiary/aromatic N) is 2. The van der Waals surface area contributed by atoms with Gasteiger partial charge < -0.3 is 29.3 Å². The number of rotatable bonds is 6. The first-order chi connectivity index (χ1) is 16.9. The second-order valence-corrected chi connectivity index (χ2v) is 9.99. The number of likely N-dealkylation sites (tertiary alicyclic amines) is 2. The molecule has 2 aliphatic heterocycles. The second-order valence-electron chi connectivity index (χ2n) is 9.20. The molecule has 0 aromatic heterocycles. The summed E-state index contributed by atoms with van der Waals surface area (Å²) in [6, 6.07) is 11.2. The van der Waals surface area contributed by atoms with Gasteiger partial charge in [0.1, 0.15) is 17.2 Å². The number of piperidine rings is 1. The van der Waals surface area contributed by atoms with Crippen molar-refractivity contribution in [3.05, 3.63) is 47.0 Å². The lowest BCUT2D eigenvalue weighted by Gasteiger charge is -2.39. The average molecular weight is 518 g/mol. The molecule has 188 valence electrons. The predicted octanol–water partition coefficient (Wildman–Crippen LogP) is 4.62. The van der Waals surface area contributed by atoms with Crippen molar-refractivity contribution in [2.45, 2.75) is 25.7 Å². The van der Waals surface area contributed by atoms with Crippen LogP contribution in [0.1, 0.15) is 24.8 Å². The van der Waals surface area contributed by atoms with Crippen molar-refractivity contribution in [3.63, 3.8) is 0 Å². The number of carbonyl (C=O) groups excluding carboxylic acids is 1. The van der Waals surface area contributed by atoms with Gasteiger partial charge in [0.25, 0.3) is 0 Å². The Hall–Kier alpha value is -2.71. The summed E-state index contributed by atoms with van der Waals surface area (Å²) in [5.41, 5.74) is 1.88. The molecule has 2 aromatic carbocycles. The standard InChI is InChI=1S/C26H32ClN3O4S/c1-32-19-6-4-5-18(13-19)14-24(31)29-10-7-26(8-11-29)9-12-30(17-26)25(35)28-21-16-22(33-2)20(27)15-23(21)34-3/h4-6,13,15-16H,7-12,14,17H2,1-3H3,(H,28,35). The lowest BCUT2D eigenvalue weighted by Crippen LogP contribution is -2.45. The molecular formula is C26H32ClN3O4S. The number of halogens is 1. The Bertz CT molecular complexity index is 1090. The Balaban J connectivity index is 1.32. The van der Waals surface area contributed by atoms with Crippen molar-refractivity contribution in [2.75, 3.05) is 52.8 Å². The molecule has 35 heavy (non-hydrogen) atoms. The summed E-state index contributed by atoms with van der Waals surface area (Å²) in [4.78, 5) is 17.1. The van der Waals surface area contributed by atoms with E-state index in [1.165, 1.54) is 0 Å². The zero-order valence-corrected chi connectivity index (χ0v) is 22.0. The van der Waals surface area contributed by atoms with E-state index >= 15 is 0 Å². The first-order valence-electron chi connectivity index (χ1n) is 11.7. The summed E-state index contributed by atoms with van der Waals surface area (Å²) >= 11 is 12.0. The third-order valence-electron chi connectivity index (χ3n) is 7.11. The van der Waals surface area contributed by atoms with E-state index in [-0.39, 0.29) is 11.3 Å². The van der Waals surface area contributed by atoms with Crippen LogP contribution in [0.2, 0.25) is 5.02 Å². The summed E-state index contributed by atoms with van der Waals surface area (Å²) < 4.78 is 16.1. The molecule has 9 heteroatoms. The number of carbonyl (C=O) groups is 1. The van der Waals surface area contributed by atoms with E-state index in [2.05, 4.69) is 10.2 Å². The molecule has 2 saturated heterocycles. The molecule has 0 saturated carbocycles. The number of methoxy groups -OCH3 is 3. The highest BCUT2D eigenvalue weighted by molar-refractivity contribution is 7.80. The van der Waals surface area contributed by atoms with Gasteiger partial charge in [0.15, 0.2) is 5.11 Å². The maximum atomic E-state index is 12.9. The first kappa shape index (κ1) is 25.4. The fraction of sp³-hybridized carbons (Fsp3) is 0.462. The average Bonchev–Trinajstić information content (AvgIpc) is 3.28. The second kappa shape index (κ2) is 10.9. The van der Waals surface area contributed by atoms with Gasteiger partial charge in [0.05, 0.1) is 38.5 Å². The van der Waals surface area contributed by atoms with Crippen LogP contribution >= 0.6 is 23.8 Å². The molecule has 7 nitrogen and oxygen atoms in total. The van der Waals surface area contributed by atoms with Crippen molar-refractivity contribution < 1.29 is 19.0 Å². The van der Waals surface area contributed by atoms with Crippen LogP contribution in [-0.4, -0.2) is 68.3 Å². The van der Waals surface area contributed by atoms with Crippen molar-refractivity contribution in [1.29, 1.82) is 0 Å². The normalized spacial score (nSPS) is 16.8. The van der Waals surface area contributed by atoms with E-state index in [0.29, 0.717) is 28.1 Å². The van der Waals surface area contributed by atoms with Gasteiger partial charge in [0, 0.05) is 38.3 Å². The van der Waals surface area contributed by atoms with Gasteiger partial charge in [0.2, 0.25) is 5.91 Å². The molecule has 1 spiro atoms. The molecule has 0 unspecified atom stereocenters. The highest BCUT2D eigenvalue weighted by atomic mass is 35.5. The predicted molar refractivity (Wildman–Crippen MR) is 142 cm³/mol. The van der Waals surface area contributed by atoms with Crippen LogP contribution in [0.4, 0.5) is 5.69 Å². The highest BCUT2D eigenvalue weighted by Crippen LogP contribution is 2.41. The largest absolute Gasteiger partial charge is 0.497 e. The van der Waals surface area contributed by atoms with Gasteiger partial charge >= 0.3 is 0 Å². The third-order valence-corrected chi connectivity index (χ3v) is 7.76. The molecule has 0 radical (unpaired) electrons. The van der Waals surface area contributed by atoms with Gasteiger partial charge in [-0.05, 0) is 54.6 Å². The van der Waals surface area contributed by atoms with Crippen LogP contribution < -0.4 is 19.5 Å². The van der Waals surface area contributed by atoms with Crippen LogP contribution in [0, 0.1) is 5.41 Å². The molecule has 1 amide bonds. The van der Waals surface area contributed by atoms with Crippen molar-refractivity contribution in [3.8, 4) is 17.2 Å². The van der Waals surface area contributed by atoms with Gasteiger partial charge in [-0.1, -0.05) is 23.7 Å². The molecular weight excluding hydrogens is 486 g/mol. The minimum absolute atomic E-state index is 0.170. The van der Waals surface area contributed by atoms with Crippen LogP contribution in [0.15, 0.2) is 36.4 Å². The van der Waals surface area contributed by atoms with Gasteiger partial charge in [-0.2, -0.15) is 0 Å². The zero-order chi connectivity index (χ0) is 25.0. The molecule has 4 rings (SSSR count). The van der Waals surface area contributed by atoms with Crippen molar-refractivity contribution >= 4 is 40.5 Å². The minimum Gasteiger partial charge on any atom is -0.497 e. The molecule has 2 aromatic rings. The monoisotopic (exact) mass is 517 g/mol. The molecule has 2 heterocycles. The van der Waals surface area contributed by atoms with Crippen LogP contribution in [0.5, 0.6) is 17.2 Å². The number of nitrogens with one attached hydrogen (secondary N) is 1. The van der Waals surface area contributed by atoms with Crippen LogP contribution in [0.25, 0.3) is 0 Å². The quantitative estimate of drug-likeness (QED) is 0.561. The van der Waals surface area contributed by atoms with E-state index in [1.807, 2.05) is 29.2 Å². The smallest absolute Gasteiger partial charge is 0.226 e. The Morgan fingerprint density at radius 3 is 2.34 bits per heavy atom. The fourth-order valence-electron chi connectivity index (χ4n) is 4.97. The number of benzene rings is 2. The van der Waals surface area contributed by atoms with Crippen molar-refractivity contribution in [1.82, 2.24) is 9.80 Å². The first-order valence-corrected chi connectivity index (χ1v) is 12.5. The fourth-order valence-corrected chi connectivity index (χ4v) is 5.46. The summed E-state index contributed by atoms with van der Waals surface area (Å²) in [5.74, 6) is 2.11. The molecule has 0 atom stereocenters. The molecule has 2 fully saturated rings.